The van der Waals surface area contributed by atoms with Crippen LogP contribution < -0.4 is 20.4 Å². The first-order valence-electron chi connectivity index (χ1n) is 8.74. The molecule has 0 bridgehead atoms. The van der Waals surface area contributed by atoms with Gasteiger partial charge in [0.2, 0.25) is 5.75 Å². The molecule has 3 rings (SSSR count). The Kier molecular flexibility index (Phi) is 5.30. The quantitative estimate of drug-likeness (QED) is 0.809. The molecule has 0 saturated carbocycles. The van der Waals surface area contributed by atoms with Gasteiger partial charge in [0.25, 0.3) is 0 Å². The fourth-order valence-electron chi connectivity index (χ4n) is 3.65. The van der Waals surface area contributed by atoms with Crippen LogP contribution in [-0.2, 0) is 13.0 Å². The lowest BCUT2D eigenvalue weighted by atomic mass is 9.97. The predicted octanol–water partition coefficient (Wildman–Crippen LogP) is 2.17. The van der Waals surface area contributed by atoms with E-state index in [0.717, 1.165) is 42.6 Å². The van der Waals surface area contributed by atoms with Crippen molar-refractivity contribution < 1.29 is 13.9 Å². The van der Waals surface area contributed by atoms with Crippen LogP contribution in [0.5, 0.6) is 11.5 Å². The summed E-state index contributed by atoms with van der Waals surface area (Å²) >= 11 is 0. The van der Waals surface area contributed by atoms with Crippen molar-refractivity contribution in [2.45, 2.75) is 32.9 Å². The molecule has 136 valence electrons. The molecule has 1 aromatic carbocycles. The molecule has 1 aliphatic heterocycles. The number of rotatable bonds is 6. The fraction of sp³-hybridized carbons (Fsp3) is 0.526. The maximum absolute atomic E-state index is 12.6. The summed E-state index contributed by atoms with van der Waals surface area (Å²) < 4.78 is 16.4. The number of hydrogen-bond acceptors (Lipinski definition) is 6. The molecular weight excluding hydrogens is 320 g/mol. The summed E-state index contributed by atoms with van der Waals surface area (Å²) in [6, 6.07) is 4.21. The number of methoxy groups -OCH3 is 2. The van der Waals surface area contributed by atoms with E-state index in [9.17, 15) is 4.79 Å². The summed E-state index contributed by atoms with van der Waals surface area (Å²) in [4.78, 5) is 14.9. The van der Waals surface area contributed by atoms with Crippen LogP contribution in [0.1, 0.15) is 25.0 Å². The molecule has 0 saturated heterocycles. The van der Waals surface area contributed by atoms with Gasteiger partial charge in [-0.2, -0.15) is 0 Å². The highest BCUT2D eigenvalue weighted by Gasteiger charge is 2.25. The molecule has 1 N–H and O–H groups in total. The predicted molar refractivity (Wildman–Crippen MR) is 97.7 cm³/mol. The molecule has 1 aromatic heterocycles. The molecule has 1 unspecified atom stereocenters. The minimum absolute atomic E-state index is 0.283. The molecular formula is C19H26N2O4. The molecule has 0 amide bonds. The molecule has 1 aliphatic rings. The van der Waals surface area contributed by atoms with Crippen molar-refractivity contribution in [1.29, 1.82) is 0 Å². The van der Waals surface area contributed by atoms with Crippen molar-refractivity contribution in [3.8, 4) is 11.5 Å². The van der Waals surface area contributed by atoms with Crippen LogP contribution in [0, 0.1) is 0 Å². The van der Waals surface area contributed by atoms with Crippen LogP contribution in [0.15, 0.2) is 21.3 Å². The average Bonchev–Trinajstić information content (AvgIpc) is 2.61. The Bertz CT molecular complexity index is 815. The van der Waals surface area contributed by atoms with Gasteiger partial charge in [-0.15, -0.1) is 0 Å². The van der Waals surface area contributed by atoms with Gasteiger partial charge in [0.15, 0.2) is 11.3 Å². The average molecular weight is 346 g/mol. The molecule has 0 fully saturated rings. The summed E-state index contributed by atoms with van der Waals surface area (Å²) in [6.45, 7) is 7.67. The fourth-order valence-corrected chi connectivity index (χ4v) is 3.65. The van der Waals surface area contributed by atoms with E-state index < -0.39 is 0 Å². The maximum atomic E-state index is 12.6. The Labute approximate surface area is 147 Å². The number of hydrogen-bond donors (Lipinski definition) is 1. The first-order chi connectivity index (χ1) is 12.1. The Hall–Kier alpha value is -2.05. The van der Waals surface area contributed by atoms with Gasteiger partial charge in [0, 0.05) is 31.1 Å². The van der Waals surface area contributed by atoms with E-state index in [4.69, 9.17) is 13.9 Å². The van der Waals surface area contributed by atoms with Gasteiger partial charge in [0.05, 0.1) is 19.8 Å². The van der Waals surface area contributed by atoms with Crippen LogP contribution >= 0.6 is 0 Å². The molecule has 0 aliphatic carbocycles. The number of nitrogens with zero attached hydrogens (tertiary/aromatic N) is 1. The Balaban J connectivity index is 2.00. The first-order valence-corrected chi connectivity index (χ1v) is 8.74. The molecule has 6 heteroatoms. The summed E-state index contributed by atoms with van der Waals surface area (Å²) in [6.07, 6.45) is 0.825. The smallest absolute Gasteiger partial charge is 0.341 e. The number of ether oxygens (including phenoxy) is 2. The lowest BCUT2D eigenvalue weighted by molar-refractivity contribution is 0.227. The highest BCUT2D eigenvalue weighted by Crippen LogP contribution is 2.37. The zero-order chi connectivity index (χ0) is 18.0. The highest BCUT2D eigenvalue weighted by molar-refractivity contribution is 5.88. The van der Waals surface area contributed by atoms with Gasteiger partial charge >= 0.3 is 5.63 Å². The SMILES string of the molecule is CCNC(C)CN1CCc2c(c(=O)oc3c(OC)c(OC)ccc23)C1. The van der Waals surface area contributed by atoms with Crippen molar-refractivity contribution in [3.63, 3.8) is 0 Å². The standard InChI is InChI=1S/C19H26N2O4/c1-5-20-12(2)10-21-9-8-13-14-6-7-16(23-3)18(24-4)17(14)25-19(22)15(13)11-21/h6-7,12,20H,5,8-11H2,1-4H3. The highest BCUT2D eigenvalue weighted by atomic mass is 16.5. The number of likely N-dealkylation sites (N-methyl/N-ethyl adjacent to an activating group) is 1. The van der Waals surface area contributed by atoms with E-state index >= 15 is 0 Å². The van der Waals surface area contributed by atoms with Crippen molar-refractivity contribution in [3.05, 3.63) is 33.7 Å². The molecule has 0 spiro atoms. The van der Waals surface area contributed by atoms with E-state index in [1.54, 1.807) is 14.2 Å². The summed E-state index contributed by atoms with van der Waals surface area (Å²) in [7, 11) is 3.13. The van der Waals surface area contributed by atoms with Crippen LogP contribution in [0.2, 0.25) is 0 Å². The Morgan fingerprint density at radius 1 is 1.28 bits per heavy atom. The van der Waals surface area contributed by atoms with E-state index in [2.05, 4.69) is 24.1 Å². The lowest BCUT2D eigenvalue weighted by Crippen LogP contribution is -2.42. The van der Waals surface area contributed by atoms with Crippen molar-refractivity contribution in [2.75, 3.05) is 33.9 Å². The first kappa shape index (κ1) is 17.8. The zero-order valence-corrected chi connectivity index (χ0v) is 15.3. The third-order valence-corrected chi connectivity index (χ3v) is 4.78. The minimum atomic E-state index is -0.283. The van der Waals surface area contributed by atoms with Crippen LogP contribution in [-0.4, -0.2) is 44.8 Å². The van der Waals surface area contributed by atoms with Gasteiger partial charge in [-0.05, 0) is 37.6 Å². The summed E-state index contributed by atoms with van der Waals surface area (Å²) in [5.41, 5.74) is 2.02. The topological polar surface area (TPSA) is 63.9 Å². The van der Waals surface area contributed by atoms with Crippen molar-refractivity contribution in [2.24, 2.45) is 0 Å². The van der Waals surface area contributed by atoms with Gasteiger partial charge in [-0.1, -0.05) is 6.92 Å². The second-order valence-corrected chi connectivity index (χ2v) is 6.47. The van der Waals surface area contributed by atoms with Crippen LogP contribution in [0.3, 0.4) is 0 Å². The van der Waals surface area contributed by atoms with Crippen molar-refractivity contribution >= 4 is 11.0 Å². The number of nitrogens with one attached hydrogen (secondary N) is 1. The Morgan fingerprint density at radius 3 is 2.76 bits per heavy atom. The van der Waals surface area contributed by atoms with Gasteiger partial charge in [-0.25, -0.2) is 4.79 Å². The Morgan fingerprint density at radius 2 is 2.08 bits per heavy atom. The van der Waals surface area contributed by atoms with E-state index in [1.165, 1.54) is 0 Å². The summed E-state index contributed by atoms with van der Waals surface area (Å²) in [5.74, 6) is 1.04. The minimum Gasteiger partial charge on any atom is -0.493 e. The third kappa shape index (κ3) is 3.37. The van der Waals surface area contributed by atoms with E-state index in [-0.39, 0.29) is 5.63 Å². The second-order valence-electron chi connectivity index (χ2n) is 6.47. The lowest BCUT2D eigenvalue weighted by Gasteiger charge is -2.30. The molecule has 2 heterocycles. The number of benzene rings is 1. The molecule has 6 nitrogen and oxygen atoms in total. The number of fused-ring (bicyclic) bond motifs is 3. The maximum Gasteiger partial charge on any atom is 0.341 e. The molecule has 0 radical (unpaired) electrons. The summed E-state index contributed by atoms with van der Waals surface area (Å²) in [5, 5.41) is 4.35. The van der Waals surface area contributed by atoms with E-state index in [1.807, 2.05) is 12.1 Å². The van der Waals surface area contributed by atoms with Gasteiger partial charge in [-0.3, -0.25) is 4.90 Å². The molecule has 1 atom stereocenters. The van der Waals surface area contributed by atoms with Crippen LogP contribution in [0.4, 0.5) is 0 Å². The monoisotopic (exact) mass is 346 g/mol. The van der Waals surface area contributed by atoms with Crippen LogP contribution in [0.25, 0.3) is 11.0 Å². The van der Waals surface area contributed by atoms with Gasteiger partial charge < -0.3 is 19.2 Å². The zero-order valence-electron chi connectivity index (χ0n) is 15.3. The second kappa shape index (κ2) is 7.45. The van der Waals surface area contributed by atoms with Crippen molar-refractivity contribution in [1.82, 2.24) is 10.2 Å². The molecule has 2 aromatic rings. The van der Waals surface area contributed by atoms with E-state index in [0.29, 0.717) is 29.7 Å². The normalized spacial score (nSPS) is 15.8. The third-order valence-electron chi connectivity index (χ3n) is 4.78. The largest absolute Gasteiger partial charge is 0.493 e. The van der Waals surface area contributed by atoms with Gasteiger partial charge in [0.1, 0.15) is 0 Å². The molecule has 25 heavy (non-hydrogen) atoms.